The molecular weight excluding hydrogens is 388 g/mol. The van der Waals surface area contributed by atoms with Crippen molar-refractivity contribution in [1.29, 1.82) is 0 Å². The quantitative estimate of drug-likeness (QED) is 0.802. The number of carbonyl (C=O) groups excluding carboxylic acids is 1. The van der Waals surface area contributed by atoms with Crippen molar-refractivity contribution in [3.8, 4) is 0 Å². The van der Waals surface area contributed by atoms with Gasteiger partial charge in [-0.25, -0.2) is 13.2 Å². The molecule has 7 heteroatoms. The number of carbonyl (C=O) groups is 1. The minimum absolute atomic E-state index is 0.0907. The van der Waals surface area contributed by atoms with E-state index in [1.807, 2.05) is 37.8 Å². The minimum atomic E-state index is -3.24. The number of nitrogens with one attached hydrogen (secondary N) is 1. The molecule has 29 heavy (non-hydrogen) atoms. The molecule has 162 valence electrons. The highest BCUT2D eigenvalue weighted by Crippen LogP contribution is 2.40. The second-order valence-electron chi connectivity index (χ2n) is 9.40. The van der Waals surface area contributed by atoms with E-state index in [9.17, 15) is 13.2 Å². The third kappa shape index (κ3) is 5.72. The van der Waals surface area contributed by atoms with Crippen LogP contribution in [-0.4, -0.2) is 50.9 Å². The van der Waals surface area contributed by atoms with Gasteiger partial charge in [-0.15, -0.1) is 0 Å². The molecule has 0 bridgehead atoms. The average Bonchev–Trinajstić information content (AvgIpc) is 2.66. The van der Waals surface area contributed by atoms with Gasteiger partial charge in [0.25, 0.3) is 0 Å². The molecule has 6 nitrogen and oxygen atoms in total. The monoisotopic (exact) mass is 422 g/mol. The van der Waals surface area contributed by atoms with Crippen LogP contribution in [0, 0.1) is 11.8 Å². The van der Waals surface area contributed by atoms with Crippen LogP contribution in [0.5, 0.6) is 0 Å². The third-order valence-corrected chi connectivity index (χ3v) is 7.14. The first-order chi connectivity index (χ1) is 13.5. The Morgan fingerprint density at radius 1 is 1.07 bits per heavy atom. The maximum atomic E-state index is 12.9. The highest BCUT2D eigenvalue weighted by atomic mass is 32.2. The summed E-state index contributed by atoms with van der Waals surface area (Å²) in [4.78, 5) is 15.0. The number of benzene rings is 1. The summed E-state index contributed by atoms with van der Waals surface area (Å²) in [6, 6.07) is 6.90. The lowest BCUT2D eigenvalue weighted by molar-refractivity contribution is -0.00114. The summed E-state index contributed by atoms with van der Waals surface area (Å²) in [6.45, 7) is 8.42. The van der Waals surface area contributed by atoms with Gasteiger partial charge in [-0.1, -0.05) is 12.1 Å². The fourth-order valence-corrected chi connectivity index (χ4v) is 5.16. The van der Waals surface area contributed by atoms with Gasteiger partial charge < -0.3 is 15.0 Å². The lowest BCUT2D eigenvalue weighted by Crippen LogP contribution is -2.45. The summed E-state index contributed by atoms with van der Waals surface area (Å²) in [5.41, 5.74) is 0.426. The standard InChI is InChI=1S/C22H34N2O4S/c1-22(2,3)28-21(25)24-14-11-18(16-9-12-23-13-10-16)15-20(24)17-5-7-19(8-6-17)29(4,26)27/h5-8,16,18,20,23H,9-15H2,1-4H3/t18?,20-/m1/s1. The molecule has 1 aromatic rings. The topological polar surface area (TPSA) is 75.7 Å². The molecule has 0 aromatic heterocycles. The molecule has 3 rings (SSSR count). The zero-order valence-corrected chi connectivity index (χ0v) is 18.8. The number of ether oxygens (including phenoxy) is 1. The smallest absolute Gasteiger partial charge is 0.410 e. The van der Waals surface area contributed by atoms with E-state index >= 15 is 0 Å². The summed E-state index contributed by atoms with van der Waals surface area (Å²) in [7, 11) is -3.24. The van der Waals surface area contributed by atoms with Gasteiger partial charge in [0.05, 0.1) is 10.9 Å². The lowest BCUT2D eigenvalue weighted by Gasteiger charge is -2.43. The van der Waals surface area contributed by atoms with Gasteiger partial charge in [0.15, 0.2) is 9.84 Å². The summed E-state index contributed by atoms with van der Waals surface area (Å²) in [5.74, 6) is 1.24. The van der Waals surface area contributed by atoms with Gasteiger partial charge in [-0.3, -0.25) is 0 Å². The largest absolute Gasteiger partial charge is 0.444 e. The Labute approximate surface area is 174 Å². The summed E-state index contributed by atoms with van der Waals surface area (Å²) in [5, 5.41) is 3.43. The van der Waals surface area contributed by atoms with Crippen LogP contribution < -0.4 is 5.32 Å². The van der Waals surface area contributed by atoms with Crippen LogP contribution in [0.3, 0.4) is 0 Å². The molecule has 0 spiro atoms. The zero-order valence-electron chi connectivity index (χ0n) is 18.0. The van der Waals surface area contributed by atoms with E-state index < -0.39 is 15.4 Å². The molecule has 0 saturated carbocycles. The SMILES string of the molecule is CC(C)(C)OC(=O)N1CCC(C2CCNCC2)C[C@@H]1c1ccc(S(C)(=O)=O)cc1. The molecule has 2 aliphatic heterocycles. The lowest BCUT2D eigenvalue weighted by atomic mass is 9.76. The van der Waals surface area contributed by atoms with E-state index in [-0.39, 0.29) is 12.1 Å². The maximum Gasteiger partial charge on any atom is 0.410 e. The van der Waals surface area contributed by atoms with Crippen LogP contribution >= 0.6 is 0 Å². The van der Waals surface area contributed by atoms with Crippen molar-refractivity contribution in [1.82, 2.24) is 10.2 Å². The van der Waals surface area contributed by atoms with Gasteiger partial charge in [-0.05, 0) is 89.1 Å². The van der Waals surface area contributed by atoms with E-state index in [4.69, 9.17) is 4.74 Å². The maximum absolute atomic E-state index is 12.9. The van der Waals surface area contributed by atoms with Crippen molar-refractivity contribution in [3.63, 3.8) is 0 Å². The summed E-state index contributed by atoms with van der Waals surface area (Å²) < 4.78 is 29.3. The van der Waals surface area contributed by atoms with Gasteiger partial charge in [-0.2, -0.15) is 0 Å². The van der Waals surface area contributed by atoms with Crippen molar-refractivity contribution >= 4 is 15.9 Å². The summed E-state index contributed by atoms with van der Waals surface area (Å²) in [6.07, 6.45) is 5.15. The van der Waals surface area contributed by atoms with Crippen LogP contribution in [0.2, 0.25) is 0 Å². The van der Waals surface area contributed by atoms with Crippen molar-refractivity contribution < 1.29 is 17.9 Å². The number of hydrogen-bond donors (Lipinski definition) is 1. The van der Waals surface area contributed by atoms with Gasteiger partial charge in [0.2, 0.25) is 0 Å². The molecule has 2 atom stereocenters. The van der Waals surface area contributed by atoms with Crippen LogP contribution in [-0.2, 0) is 14.6 Å². The first-order valence-electron chi connectivity index (χ1n) is 10.5. The number of rotatable bonds is 3. The highest BCUT2D eigenvalue weighted by Gasteiger charge is 2.38. The van der Waals surface area contributed by atoms with Gasteiger partial charge in [0.1, 0.15) is 5.60 Å². The third-order valence-electron chi connectivity index (χ3n) is 6.01. The number of sulfone groups is 1. The molecule has 1 unspecified atom stereocenters. The van der Waals surface area contributed by atoms with Crippen molar-refractivity contribution in [2.75, 3.05) is 25.9 Å². The highest BCUT2D eigenvalue weighted by molar-refractivity contribution is 7.90. The van der Waals surface area contributed by atoms with Gasteiger partial charge >= 0.3 is 6.09 Å². The second kappa shape index (κ2) is 8.64. The number of piperidine rings is 2. The Bertz CT molecular complexity index is 808. The Morgan fingerprint density at radius 2 is 1.69 bits per heavy atom. The van der Waals surface area contributed by atoms with Crippen LogP contribution in [0.15, 0.2) is 29.2 Å². The van der Waals surface area contributed by atoms with Crippen LogP contribution in [0.4, 0.5) is 4.79 Å². The zero-order chi connectivity index (χ0) is 21.2. The molecule has 0 radical (unpaired) electrons. The van der Waals surface area contributed by atoms with E-state index in [0.29, 0.717) is 23.3 Å². The molecule has 2 fully saturated rings. The number of amides is 1. The fourth-order valence-electron chi connectivity index (χ4n) is 4.53. The van der Waals surface area contributed by atoms with Crippen molar-refractivity contribution in [2.45, 2.75) is 63.0 Å². The number of nitrogens with zero attached hydrogens (tertiary/aromatic N) is 1. The predicted octanol–water partition coefficient (Wildman–Crippen LogP) is 3.78. The van der Waals surface area contributed by atoms with E-state index in [2.05, 4.69) is 5.32 Å². The average molecular weight is 423 g/mol. The predicted molar refractivity (Wildman–Crippen MR) is 114 cm³/mol. The van der Waals surface area contributed by atoms with Crippen molar-refractivity contribution in [2.24, 2.45) is 11.8 Å². The Kier molecular flexibility index (Phi) is 6.58. The summed E-state index contributed by atoms with van der Waals surface area (Å²) >= 11 is 0. The fraction of sp³-hybridized carbons (Fsp3) is 0.682. The van der Waals surface area contributed by atoms with E-state index in [1.165, 1.54) is 19.1 Å². The van der Waals surface area contributed by atoms with Crippen LogP contribution in [0.1, 0.15) is 58.1 Å². The Balaban J connectivity index is 1.85. The van der Waals surface area contributed by atoms with Crippen LogP contribution in [0.25, 0.3) is 0 Å². The normalized spacial score (nSPS) is 24.3. The first-order valence-corrected chi connectivity index (χ1v) is 12.4. The molecule has 1 amide bonds. The van der Waals surface area contributed by atoms with E-state index in [0.717, 1.165) is 31.5 Å². The molecule has 2 saturated heterocycles. The molecule has 2 aliphatic rings. The number of hydrogen-bond acceptors (Lipinski definition) is 5. The molecule has 0 aliphatic carbocycles. The molecule has 1 aromatic carbocycles. The molecular formula is C22H34N2O4S. The minimum Gasteiger partial charge on any atom is -0.444 e. The second-order valence-corrected chi connectivity index (χ2v) is 11.4. The van der Waals surface area contributed by atoms with Gasteiger partial charge in [0, 0.05) is 12.8 Å². The molecule has 1 N–H and O–H groups in total. The first kappa shape index (κ1) is 22.1. The number of likely N-dealkylation sites (tertiary alicyclic amines) is 1. The molecule has 2 heterocycles. The van der Waals surface area contributed by atoms with E-state index in [1.54, 1.807) is 12.1 Å². The van der Waals surface area contributed by atoms with Crippen molar-refractivity contribution in [3.05, 3.63) is 29.8 Å². The Morgan fingerprint density at radius 3 is 2.24 bits per heavy atom. The Hall–Kier alpha value is -1.60.